The molecule has 0 saturated carbocycles. The third-order valence-electron chi connectivity index (χ3n) is 3.78. The van der Waals surface area contributed by atoms with Crippen molar-refractivity contribution in [1.29, 1.82) is 0 Å². The van der Waals surface area contributed by atoms with Gasteiger partial charge in [-0.3, -0.25) is 14.2 Å². The molecular weight excluding hydrogens is 329 g/mol. The van der Waals surface area contributed by atoms with Crippen LogP contribution in [0.15, 0.2) is 46.8 Å². The third-order valence-corrected chi connectivity index (χ3v) is 4.60. The second-order valence-corrected chi connectivity index (χ2v) is 6.40. The topological polar surface area (TPSA) is 55.2 Å². The van der Waals surface area contributed by atoms with Gasteiger partial charge in [0.25, 0.3) is 5.56 Å². The molecule has 0 N–H and O–H groups in total. The molecule has 0 spiro atoms. The second-order valence-electron chi connectivity index (χ2n) is 5.51. The van der Waals surface area contributed by atoms with E-state index in [1.807, 2.05) is 5.38 Å². The van der Waals surface area contributed by atoms with Gasteiger partial charge in [0.2, 0.25) is 5.91 Å². The molecule has 2 aromatic heterocycles. The molecule has 3 rings (SSSR count). The maximum absolute atomic E-state index is 12.9. The molecule has 0 unspecified atom stereocenters. The molecule has 1 amide bonds. The zero-order valence-electron chi connectivity index (χ0n) is 13.1. The summed E-state index contributed by atoms with van der Waals surface area (Å²) in [6.45, 7) is 0.681. The normalized spacial score (nSPS) is 10.9. The lowest BCUT2D eigenvalue weighted by molar-refractivity contribution is -0.130. The highest BCUT2D eigenvalue weighted by molar-refractivity contribution is 7.16. The minimum atomic E-state index is -0.302. The molecule has 0 radical (unpaired) electrons. The van der Waals surface area contributed by atoms with Gasteiger partial charge in [-0.15, -0.1) is 11.3 Å². The Labute approximate surface area is 142 Å². The van der Waals surface area contributed by atoms with Crippen molar-refractivity contribution in [3.8, 4) is 0 Å². The van der Waals surface area contributed by atoms with E-state index in [0.29, 0.717) is 16.8 Å². The van der Waals surface area contributed by atoms with Gasteiger partial charge < -0.3 is 4.90 Å². The first-order valence-electron chi connectivity index (χ1n) is 7.45. The summed E-state index contributed by atoms with van der Waals surface area (Å²) >= 11 is 1.42. The molecule has 0 fully saturated rings. The van der Waals surface area contributed by atoms with Gasteiger partial charge in [-0.25, -0.2) is 9.37 Å². The summed E-state index contributed by atoms with van der Waals surface area (Å²) in [5.41, 5.74) is 0.723. The molecular formula is C17H16FN3O2S. The predicted octanol–water partition coefficient (Wildman–Crippen LogP) is 2.65. The van der Waals surface area contributed by atoms with E-state index in [9.17, 15) is 14.0 Å². The van der Waals surface area contributed by atoms with E-state index in [4.69, 9.17) is 0 Å². The van der Waals surface area contributed by atoms with Gasteiger partial charge >= 0.3 is 0 Å². The number of nitrogens with zero attached hydrogens (tertiary/aromatic N) is 3. The number of carbonyl (C=O) groups excluding carboxylic acids is 1. The van der Waals surface area contributed by atoms with Crippen LogP contribution >= 0.6 is 11.3 Å². The number of amides is 1. The molecule has 1 aromatic carbocycles. The van der Waals surface area contributed by atoms with Crippen LogP contribution in [-0.2, 0) is 17.9 Å². The van der Waals surface area contributed by atoms with E-state index >= 15 is 0 Å². The van der Waals surface area contributed by atoms with Gasteiger partial charge in [-0.2, -0.15) is 0 Å². The fourth-order valence-electron chi connectivity index (χ4n) is 2.41. The number of thiophene rings is 1. The Morgan fingerprint density at radius 1 is 1.29 bits per heavy atom. The van der Waals surface area contributed by atoms with Gasteiger partial charge in [0, 0.05) is 26.6 Å². The minimum Gasteiger partial charge on any atom is -0.341 e. The molecule has 2 heterocycles. The Kier molecular flexibility index (Phi) is 4.71. The van der Waals surface area contributed by atoms with Gasteiger partial charge in [0.1, 0.15) is 10.6 Å². The molecule has 0 atom stereocenters. The first-order valence-corrected chi connectivity index (χ1v) is 8.33. The summed E-state index contributed by atoms with van der Waals surface area (Å²) in [5.74, 6) is -0.389. The highest BCUT2D eigenvalue weighted by Gasteiger charge is 2.11. The lowest BCUT2D eigenvalue weighted by Gasteiger charge is -2.17. The van der Waals surface area contributed by atoms with Gasteiger partial charge in [0.15, 0.2) is 0 Å². The SMILES string of the molecule is CN(Cc1ccc(F)cc1)C(=O)CCn1cnc2sccc2c1=O. The number of carbonyl (C=O) groups is 1. The van der Waals surface area contributed by atoms with Crippen molar-refractivity contribution < 1.29 is 9.18 Å². The van der Waals surface area contributed by atoms with Crippen molar-refractivity contribution in [3.63, 3.8) is 0 Å². The van der Waals surface area contributed by atoms with E-state index in [2.05, 4.69) is 4.98 Å². The summed E-state index contributed by atoms with van der Waals surface area (Å²) < 4.78 is 14.4. The van der Waals surface area contributed by atoms with Gasteiger partial charge in [0.05, 0.1) is 11.7 Å². The van der Waals surface area contributed by atoms with Gasteiger partial charge in [-0.1, -0.05) is 12.1 Å². The van der Waals surface area contributed by atoms with Gasteiger partial charge in [-0.05, 0) is 29.1 Å². The molecule has 3 aromatic rings. The van der Waals surface area contributed by atoms with E-state index in [-0.39, 0.29) is 30.2 Å². The molecule has 0 bridgehead atoms. The van der Waals surface area contributed by atoms with E-state index in [0.717, 1.165) is 5.56 Å². The van der Waals surface area contributed by atoms with Crippen molar-refractivity contribution in [2.24, 2.45) is 0 Å². The number of hydrogen-bond donors (Lipinski definition) is 0. The quantitative estimate of drug-likeness (QED) is 0.714. The second kappa shape index (κ2) is 6.92. The van der Waals surface area contributed by atoms with Crippen molar-refractivity contribution >= 4 is 27.5 Å². The number of rotatable bonds is 5. The van der Waals surface area contributed by atoms with E-state index in [1.54, 1.807) is 30.1 Å². The Morgan fingerprint density at radius 2 is 2.04 bits per heavy atom. The number of benzene rings is 1. The van der Waals surface area contributed by atoms with Crippen LogP contribution in [-0.4, -0.2) is 27.4 Å². The smallest absolute Gasteiger partial charge is 0.262 e. The molecule has 5 nitrogen and oxygen atoms in total. The molecule has 124 valence electrons. The number of hydrogen-bond acceptors (Lipinski definition) is 4. The lowest BCUT2D eigenvalue weighted by atomic mass is 10.2. The largest absolute Gasteiger partial charge is 0.341 e. The zero-order chi connectivity index (χ0) is 17.1. The molecule has 24 heavy (non-hydrogen) atoms. The van der Waals surface area contributed by atoms with Crippen LogP contribution in [0.3, 0.4) is 0 Å². The van der Waals surface area contributed by atoms with E-state index in [1.165, 1.54) is 34.4 Å². The standard InChI is InChI=1S/C17H16FN3O2S/c1-20(10-12-2-4-13(18)5-3-12)15(22)6-8-21-11-19-16-14(17(21)23)7-9-24-16/h2-5,7,9,11H,6,8,10H2,1H3. The van der Waals surface area contributed by atoms with Crippen LogP contribution in [0.5, 0.6) is 0 Å². The summed E-state index contributed by atoms with van der Waals surface area (Å²) in [6, 6.07) is 7.79. The maximum atomic E-state index is 12.9. The van der Waals surface area contributed by atoms with Crippen LogP contribution < -0.4 is 5.56 Å². The molecule has 0 aliphatic carbocycles. The Hall–Kier alpha value is -2.54. The monoisotopic (exact) mass is 345 g/mol. The highest BCUT2D eigenvalue weighted by Crippen LogP contribution is 2.13. The van der Waals surface area contributed by atoms with Crippen molar-refractivity contribution in [2.75, 3.05) is 7.05 Å². The lowest BCUT2D eigenvalue weighted by Crippen LogP contribution is -2.29. The Balaban J connectivity index is 1.62. The number of aromatic nitrogens is 2. The number of halogens is 1. The summed E-state index contributed by atoms with van der Waals surface area (Å²) in [4.78, 5) is 31.0. The van der Waals surface area contributed by atoms with Crippen molar-refractivity contribution in [2.45, 2.75) is 19.5 Å². The first kappa shape index (κ1) is 16.3. The molecule has 7 heteroatoms. The molecule has 0 aliphatic heterocycles. The highest BCUT2D eigenvalue weighted by atomic mass is 32.1. The van der Waals surface area contributed by atoms with Crippen molar-refractivity contribution in [1.82, 2.24) is 14.5 Å². The summed E-state index contributed by atoms with van der Waals surface area (Å²) in [6.07, 6.45) is 1.68. The zero-order valence-corrected chi connectivity index (χ0v) is 13.9. The predicted molar refractivity (Wildman–Crippen MR) is 91.4 cm³/mol. The number of aryl methyl sites for hydroxylation is 1. The third kappa shape index (κ3) is 3.51. The fourth-order valence-corrected chi connectivity index (χ4v) is 3.13. The first-order chi connectivity index (χ1) is 11.5. The fraction of sp³-hybridized carbons (Fsp3) is 0.235. The Morgan fingerprint density at radius 3 is 2.79 bits per heavy atom. The summed E-state index contributed by atoms with van der Waals surface area (Å²) in [5, 5.41) is 2.40. The molecule has 0 saturated heterocycles. The Bertz CT molecular complexity index is 917. The minimum absolute atomic E-state index is 0.0864. The average molecular weight is 345 g/mol. The van der Waals surface area contributed by atoms with Crippen molar-refractivity contribution in [3.05, 3.63) is 63.8 Å². The molecule has 0 aliphatic rings. The van der Waals surface area contributed by atoms with Crippen LogP contribution in [0.1, 0.15) is 12.0 Å². The van der Waals surface area contributed by atoms with E-state index < -0.39 is 0 Å². The number of fused-ring (bicyclic) bond motifs is 1. The average Bonchev–Trinajstić information content (AvgIpc) is 3.05. The van der Waals surface area contributed by atoms with Crippen LogP contribution in [0, 0.1) is 5.82 Å². The summed E-state index contributed by atoms with van der Waals surface area (Å²) in [7, 11) is 1.69. The van der Waals surface area contributed by atoms with Crippen LogP contribution in [0.25, 0.3) is 10.2 Å². The van der Waals surface area contributed by atoms with Crippen LogP contribution in [0.4, 0.5) is 4.39 Å². The maximum Gasteiger partial charge on any atom is 0.262 e. The van der Waals surface area contributed by atoms with Crippen LogP contribution in [0.2, 0.25) is 0 Å².